The van der Waals surface area contributed by atoms with Gasteiger partial charge in [0.15, 0.2) is 0 Å². The molecule has 1 aliphatic heterocycles. The van der Waals surface area contributed by atoms with Crippen LogP contribution in [0, 0.1) is 47.3 Å². The smallest absolute Gasteiger partial charge is 0.118 e. The molecule has 2 aromatic rings. The molecule has 4 bridgehead atoms. The average Bonchev–Trinajstić information content (AvgIpc) is 3.72. The third kappa shape index (κ3) is 4.73. The predicted molar refractivity (Wildman–Crippen MR) is 156 cm³/mol. The molecule has 2 aromatic carbocycles. The third-order valence-corrected chi connectivity index (χ3v) is 16.1. The second-order valence-electron chi connectivity index (χ2n) is 12.5. The summed E-state index contributed by atoms with van der Waals surface area (Å²) in [5, 5.41) is 21.2. The predicted octanol–water partition coefficient (Wildman–Crippen LogP) is 5.67. The molecule has 3 fully saturated rings. The SMILES string of the molecule is C1=C[C@H]2C[C@@H]1[C@@H]1CC[Si](c3ccccc3)(c3ccccc3)CC[C@H]12.OCC[C@@H]1[C@@H](CCO)[C@H]2C=C[C@@H]1C2. The number of hydrogen-bond donors (Lipinski definition) is 2. The van der Waals surface area contributed by atoms with E-state index in [2.05, 4.69) is 85.0 Å². The van der Waals surface area contributed by atoms with Crippen LogP contribution in [0.3, 0.4) is 0 Å². The normalized spacial score (nSPS) is 36.2. The van der Waals surface area contributed by atoms with Crippen LogP contribution in [0.5, 0.6) is 0 Å². The zero-order valence-corrected chi connectivity index (χ0v) is 23.2. The summed E-state index contributed by atoms with van der Waals surface area (Å²) in [6, 6.07) is 25.9. The Balaban J connectivity index is 0.000000164. The van der Waals surface area contributed by atoms with Crippen molar-refractivity contribution in [2.45, 2.75) is 50.6 Å². The van der Waals surface area contributed by atoms with Crippen molar-refractivity contribution in [1.29, 1.82) is 0 Å². The molecular weight excluding hydrogens is 468 g/mol. The van der Waals surface area contributed by atoms with Gasteiger partial charge >= 0.3 is 0 Å². The van der Waals surface area contributed by atoms with E-state index in [1.54, 1.807) is 10.4 Å². The molecule has 0 spiro atoms. The minimum absolute atomic E-state index is 0.295. The van der Waals surface area contributed by atoms with Gasteiger partial charge in [-0.15, -0.1) is 0 Å². The molecule has 196 valence electrons. The maximum absolute atomic E-state index is 8.95. The zero-order chi connectivity index (χ0) is 25.2. The summed E-state index contributed by atoms with van der Waals surface area (Å²) in [5.41, 5.74) is 0. The first-order valence-electron chi connectivity index (χ1n) is 14.9. The second-order valence-corrected chi connectivity index (χ2v) is 16.8. The van der Waals surface area contributed by atoms with Crippen LogP contribution >= 0.6 is 0 Å². The monoisotopic (exact) mass is 512 g/mol. The third-order valence-electron chi connectivity index (χ3n) is 11.0. The van der Waals surface area contributed by atoms with Gasteiger partial charge in [0.2, 0.25) is 0 Å². The first kappa shape index (κ1) is 25.3. The number of allylic oxidation sites excluding steroid dienone is 4. The first-order chi connectivity index (χ1) is 18.2. The lowest BCUT2D eigenvalue weighted by atomic mass is 9.79. The van der Waals surface area contributed by atoms with E-state index >= 15 is 0 Å². The topological polar surface area (TPSA) is 40.5 Å². The Morgan fingerprint density at radius 2 is 0.973 bits per heavy atom. The lowest BCUT2D eigenvalue weighted by Gasteiger charge is -2.32. The molecule has 0 aromatic heterocycles. The van der Waals surface area contributed by atoms with Crippen molar-refractivity contribution >= 4 is 18.4 Å². The van der Waals surface area contributed by atoms with Gasteiger partial charge in [-0.1, -0.05) is 108 Å². The summed E-state index contributed by atoms with van der Waals surface area (Å²) < 4.78 is 0. The fraction of sp³-hybridized carbons (Fsp3) is 0.529. The van der Waals surface area contributed by atoms with Gasteiger partial charge in [0.1, 0.15) is 8.07 Å². The van der Waals surface area contributed by atoms with E-state index in [1.165, 1.54) is 37.8 Å². The fourth-order valence-electron chi connectivity index (χ4n) is 9.27. The highest BCUT2D eigenvalue weighted by atomic mass is 28.3. The molecule has 3 heteroatoms. The van der Waals surface area contributed by atoms with Crippen molar-refractivity contribution in [1.82, 2.24) is 0 Å². The second kappa shape index (κ2) is 11.0. The molecule has 1 heterocycles. The van der Waals surface area contributed by atoms with Crippen LogP contribution in [0.1, 0.15) is 38.5 Å². The van der Waals surface area contributed by atoms with Gasteiger partial charge in [-0.2, -0.15) is 0 Å². The Bertz CT molecular complexity index is 996. The van der Waals surface area contributed by atoms with Crippen molar-refractivity contribution in [3.63, 3.8) is 0 Å². The zero-order valence-electron chi connectivity index (χ0n) is 22.2. The summed E-state index contributed by atoms with van der Waals surface area (Å²) in [5.74, 6) is 6.39. The Kier molecular flexibility index (Phi) is 7.56. The maximum Gasteiger partial charge on any atom is 0.118 e. The first-order valence-corrected chi connectivity index (χ1v) is 17.3. The minimum atomic E-state index is -1.61. The number of rotatable bonds is 6. The highest BCUT2D eigenvalue weighted by molar-refractivity contribution is 7.02. The quantitative estimate of drug-likeness (QED) is 0.387. The highest BCUT2D eigenvalue weighted by Gasteiger charge is 2.49. The van der Waals surface area contributed by atoms with E-state index in [0.717, 1.165) is 36.5 Å². The van der Waals surface area contributed by atoms with Crippen molar-refractivity contribution in [2.75, 3.05) is 13.2 Å². The molecule has 5 aliphatic rings. The fourth-order valence-corrected chi connectivity index (χ4v) is 14.3. The Morgan fingerprint density at radius 1 is 0.568 bits per heavy atom. The van der Waals surface area contributed by atoms with E-state index in [0.29, 0.717) is 36.9 Å². The Morgan fingerprint density at radius 3 is 1.41 bits per heavy atom. The number of benzene rings is 2. The van der Waals surface area contributed by atoms with E-state index in [-0.39, 0.29) is 0 Å². The van der Waals surface area contributed by atoms with Gasteiger partial charge in [0.05, 0.1) is 0 Å². The highest BCUT2D eigenvalue weighted by Crippen LogP contribution is 2.54. The Hall–Kier alpha value is -1.94. The van der Waals surface area contributed by atoms with Crippen molar-refractivity contribution in [3.05, 3.63) is 85.0 Å². The van der Waals surface area contributed by atoms with Crippen LogP contribution in [0.4, 0.5) is 0 Å². The molecule has 37 heavy (non-hydrogen) atoms. The van der Waals surface area contributed by atoms with Crippen molar-refractivity contribution < 1.29 is 10.2 Å². The number of hydrogen-bond acceptors (Lipinski definition) is 2. The summed E-state index contributed by atoms with van der Waals surface area (Å²) >= 11 is 0. The van der Waals surface area contributed by atoms with Gasteiger partial charge in [0, 0.05) is 13.2 Å². The van der Waals surface area contributed by atoms with Crippen LogP contribution < -0.4 is 10.4 Å². The molecule has 8 atom stereocenters. The lowest BCUT2D eigenvalue weighted by molar-refractivity contribution is 0.174. The summed E-state index contributed by atoms with van der Waals surface area (Å²) in [7, 11) is -1.61. The molecule has 0 amide bonds. The summed E-state index contributed by atoms with van der Waals surface area (Å²) in [6.07, 6.45) is 17.1. The van der Waals surface area contributed by atoms with E-state index < -0.39 is 8.07 Å². The molecular formula is C34H44O2Si. The summed E-state index contributed by atoms with van der Waals surface area (Å²) in [6.45, 7) is 0.591. The van der Waals surface area contributed by atoms with Crippen LogP contribution in [0.15, 0.2) is 85.0 Å². The largest absolute Gasteiger partial charge is 0.396 e. The van der Waals surface area contributed by atoms with Gasteiger partial charge in [-0.3, -0.25) is 0 Å². The molecule has 1 saturated heterocycles. The van der Waals surface area contributed by atoms with Gasteiger partial charge in [-0.25, -0.2) is 0 Å². The van der Waals surface area contributed by atoms with E-state index in [9.17, 15) is 0 Å². The Labute approximate surface area is 224 Å². The number of fused-ring (bicyclic) bond motifs is 7. The van der Waals surface area contributed by atoms with Crippen molar-refractivity contribution in [2.24, 2.45) is 47.3 Å². The molecule has 4 aliphatic carbocycles. The van der Waals surface area contributed by atoms with Gasteiger partial charge in [-0.05, 0) is 85.1 Å². The average molecular weight is 513 g/mol. The van der Waals surface area contributed by atoms with Crippen molar-refractivity contribution in [3.8, 4) is 0 Å². The van der Waals surface area contributed by atoms with E-state index in [4.69, 9.17) is 10.2 Å². The van der Waals surface area contributed by atoms with Gasteiger partial charge < -0.3 is 10.2 Å². The molecule has 2 saturated carbocycles. The molecule has 2 nitrogen and oxygen atoms in total. The molecule has 7 rings (SSSR count). The molecule has 0 radical (unpaired) electrons. The number of aliphatic hydroxyl groups is 2. The standard InChI is InChI=1S/C23H26Si.C11H18O2/c1-3-7-20(8-4-1)24(21-9-5-2-6-10-21)15-13-22-18-11-12-19(17-18)23(22)14-16-24;12-5-3-10-8-1-2-9(7-8)11(10)4-6-13/h1-12,18-19,22-23H,13-17H2;1-2,8-13H,3-7H2/t18-,19+,22-,23-;8-,9+,10-,11-/m00/s1. The lowest BCUT2D eigenvalue weighted by Crippen LogP contribution is -2.57. The summed E-state index contributed by atoms with van der Waals surface area (Å²) in [4.78, 5) is 0. The van der Waals surface area contributed by atoms with Crippen LogP contribution in [0.2, 0.25) is 12.1 Å². The van der Waals surface area contributed by atoms with Crippen LogP contribution in [-0.4, -0.2) is 31.5 Å². The van der Waals surface area contributed by atoms with E-state index in [1.807, 2.05) is 0 Å². The number of aliphatic hydroxyl groups excluding tert-OH is 2. The maximum atomic E-state index is 8.95. The van der Waals surface area contributed by atoms with Crippen LogP contribution in [-0.2, 0) is 0 Å². The van der Waals surface area contributed by atoms with Crippen LogP contribution in [0.25, 0.3) is 0 Å². The van der Waals surface area contributed by atoms with Gasteiger partial charge in [0.25, 0.3) is 0 Å². The molecule has 0 unspecified atom stereocenters. The molecule has 2 N–H and O–H groups in total. The minimum Gasteiger partial charge on any atom is -0.396 e.